The summed E-state index contributed by atoms with van der Waals surface area (Å²) in [4.78, 5) is 22.7. The monoisotopic (exact) mass is 274 g/mol. The lowest BCUT2D eigenvalue weighted by Gasteiger charge is -2.12. The number of furan rings is 1. The minimum Gasteiger partial charge on any atom is -0.467 e. The summed E-state index contributed by atoms with van der Waals surface area (Å²) < 4.78 is 5.18. The van der Waals surface area contributed by atoms with Gasteiger partial charge in [-0.15, -0.1) is 0 Å². The molecule has 0 bridgehead atoms. The average molecular weight is 274 g/mol. The SMILES string of the molecule is Cc1cccc(C(=O)NC(C)c2ccco2)c1[N+](=O)[O-]. The van der Waals surface area contributed by atoms with Gasteiger partial charge in [-0.1, -0.05) is 12.1 Å². The third-order valence-corrected chi connectivity index (χ3v) is 2.98. The minimum atomic E-state index is -0.540. The lowest BCUT2D eigenvalue weighted by Crippen LogP contribution is -2.27. The normalized spacial score (nSPS) is 11.9. The van der Waals surface area contributed by atoms with Crippen LogP contribution in [0.25, 0.3) is 0 Å². The van der Waals surface area contributed by atoms with Crippen molar-refractivity contribution < 1.29 is 14.1 Å². The van der Waals surface area contributed by atoms with Crippen molar-refractivity contribution in [2.24, 2.45) is 0 Å². The molecule has 6 heteroatoms. The third-order valence-electron chi connectivity index (χ3n) is 2.98. The standard InChI is InChI=1S/C14H14N2O4/c1-9-5-3-6-11(13(9)16(18)19)14(17)15-10(2)12-7-4-8-20-12/h3-8,10H,1-2H3,(H,15,17). The molecule has 0 radical (unpaired) electrons. The van der Waals surface area contributed by atoms with Gasteiger partial charge in [0.2, 0.25) is 0 Å². The molecule has 1 unspecified atom stereocenters. The highest BCUT2D eigenvalue weighted by Gasteiger charge is 2.23. The van der Waals surface area contributed by atoms with Gasteiger partial charge in [-0.3, -0.25) is 14.9 Å². The predicted octanol–water partition coefficient (Wildman–Crippen LogP) is 2.99. The molecule has 0 fully saturated rings. The van der Waals surface area contributed by atoms with Crippen LogP contribution in [0.2, 0.25) is 0 Å². The number of para-hydroxylation sites is 1. The first-order valence-corrected chi connectivity index (χ1v) is 6.09. The van der Waals surface area contributed by atoms with Crippen molar-refractivity contribution in [1.82, 2.24) is 5.32 Å². The highest BCUT2D eigenvalue weighted by Crippen LogP contribution is 2.24. The number of benzene rings is 1. The molecule has 1 aromatic heterocycles. The number of rotatable bonds is 4. The Bertz CT molecular complexity index is 635. The van der Waals surface area contributed by atoms with E-state index in [9.17, 15) is 14.9 Å². The number of aryl methyl sites for hydroxylation is 1. The van der Waals surface area contributed by atoms with Crippen molar-refractivity contribution in [2.75, 3.05) is 0 Å². The molecule has 1 amide bonds. The quantitative estimate of drug-likeness (QED) is 0.686. The van der Waals surface area contributed by atoms with E-state index < -0.39 is 10.8 Å². The molecular weight excluding hydrogens is 260 g/mol. The summed E-state index contributed by atoms with van der Waals surface area (Å²) in [5.41, 5.74) is 0.332. The first-order chi connectivity index (χ1) is 9.50. The van der Waals surface area contributed by atoms with Gasteiger partial charge in [0.1, 0.15) is 11.3 Å². The molecule has 0 saturated heterocycles. The van der Waals surface area contributed by atoms with E-state index in [-0.39, 0.29) is 17.3 Å². The van der Waals surface area contributed by atoms with Gasteiger partial charge in [0.25, 0.3) is 11.6 Å². The van der Waals surface area contributed by atoms with Crippen LogP contribution in [-0.2, 0) is 0 Å². The van der Waals surface area contributed by atoms with Crippen molar-refractivity contribution in [2.45, 2.75) is 19.9 Å². The van der Waals surface area contributed by atoms with Crippen LogP contribution in [0.1, 0.15) is 34.6 Å². The van der Waals surface area contributed by atoms with Crippen LogP contribution in [0.15, 0.2) is 41.0 Å². The van der Waals surface area contributed by atoms with Crippen molar-refractivity contribution in [3.05, 3.63) is 63.6 Å². The van der Waals surface area contributed by atoms with E-state index in [1.165, 1.54) is 12.3 Å². The number of carbonyl (C=O) groups is 1. The second-order valence-corrected chi connectivity index (χ2v) is 4.44. The number of amides is 1. The Hall–Kier alpha value is -2.63. The number of nitro groups is 1. The fourth-order valence-electron chi connectivity index (χ4n) is 1.97. The molecule has 2 rings (SSSR count). The fraction of sp³-hybridized carbons (Fsp3) is 0.214. The number of nitro benzene ring substituents is 1. The van der Waals surface area contributed by atoms with E-state index in [1.54, 1.807) is 38.1 Å². The Morgan fingerprint density at radius 3 is 2.70 bits per heavy atom. The van der Waals surface area contributed by atoms with Gasteiger partial charge in [-0.2, -0.15) is 0 Å². The predicted molar refractivity (Wildman–Crippen MR) is 72.4 cm³/mol. The van der Waals surface area contributed by atoms with Crippen LogP contribution >= 0.6 is 0 Å². The molecule has 1 heterocycles. The van der Waals surface area contributed by atoms with Crippen molar-refractivity contribution >= 4 is 11.6 Å². The molecule has 0 aliphatic rings. The molecule has 6 nitrogen and oxygen atoms in total. The van der Waals surface area contributed by atoms with E-state index in [0.29, 0.717) is 11.3 Å². The molecule has 0 aliphatic carbocycles. The number of carbonyl (C=O) groups excluding carboxylic acids is 1. The maximum absolute atomic E-state index is 12.2. The molecule has 0 aliphatic heterocycles. The van der Waals surface area contributed by atoms with Gasteiger partial charge in [-0.05, 0) is 32.0 Å². The number of hydrogen-bond donors (Lipinski definition) is 1. The molecule has 1 atom stereocenters. The Morgan fingerprint density at radius 2 is 2.10 bits per heavy atom. The fourth-order valence-corrected chi connectivity index (χ4v) is 1.97. The molecule has 1 aromatic carbocycles. The van der Waals surface area contributed by atoms with Crippen LogP contribution in [-0.4, -0.2) is 10.8 Å². The minimum absolute atomic E-state index is 0.0495. The molecule has 0 spiro atoms. The molecule has 0 saturated carbocycles. The van der Waals surface area contributed by atoms with Crippen LogP contribution < -0.4 is 5.32 Å². The summed E-state index contributed by atoms with van der Waals surface area (Å²) in [6, 6.07) is 7.75. The number of nitrogens with one attached hydrogen (secondary N) is 1. The summed E-state index contributed by atoms with van der Waals surface area (Å²) in [5.74, 6) is 0.0953. The molecule has 2 aromatic rings. The summed E-state index contributed by atoms with van der Waals surface area (Å²) in [6.45, 7) is 3.35. The Kier molecular flexibility index (Phi) is 3.84. The summed E-state index contributed by atoms with van der Waals surface area (Å²) in [5, 5.41) is 13.8. The van der Waals surface area contributed by atoms with Gasteiger partial charge in [0.15, 0.2) is 0 Å². The maximum atomic E-state index is 12.2. The summed E-state index contributed by atoms with van der Waals surface area (Å²) in [7, 11) is 0. The van der Waals surface area contributed by atoms with E-state index in [2.05, 4.69) is 5.32 Å². The van der Waals surface area contributed by atoms with E-state index >= 15 is 0 Å². The van der Waals surface area contributed by atoms with E-state index in [0.717, 1.165) is 0 Å². The van der Waals surface area contributed by atoms with Crippen LogP contribution in [0.3, 0.4) is 0 Å². The largest absolute Gasteiger partial charge is 0.467 e. The van der Waals surface area contributed by atoms with Crippen molar-refractivity contribution in [1.29, 1.82) is 0 Å². The number of nitrogens with zero attached hydrogens (tertiary/aromatic N) is 1. The average Bonchev–Trinajstić information content (AvgIpc) is 2.91. The van der Waals surface area contributed by atoms with E-state index in [4.69, 9.17) is 4.42 Å². The first-order valence-electron chi connectivity index (χ1n) is 6.09. The second-order valence-electron chi connectivity index (χ2n) is 4.44. The third kappa shape index (κ3) is 2.69. The number of hydrogen-bond acceptors (Lipinski definition) is 4. The Labute approximate surface area is 115 Å². The van der Waals surface area contributed by atoms with Gasteiger partial charge in [0, 0.05) is 5.56 Å². The zero-order chi connectivity index (χ0) is 14.7. The lowest BCUT2D eigenvalue weighted by atomic mass is 10.1. The van der Waals surface area contributed by atoms with Gasteiger partial charge in [-0.25, -0.2) is 0 Å². The van der Waals surface area contributed by atoms with Crippen LogP contribution in [0, 0.1) is 17.0 Å². The topological polar surface area (TPSA) is 85.4 Å². The zero-order valence-electron chi connectivity index (χ0n) is 11.1. The van der Waals surface area contributed by atoms with Crippen LogP contribution in [0.5, 0.6) is 0 Å². The molecule has 1 N–H and O–H groups in total. The summed E-state index contributed by atoms with van der Waals surface area (Å²) in [6.07, 6.45) is 1.51. The maximum Gasteiger partial charge on any atom is 0.285 e. The van der Waals surface area contributed by atoms with Gasteiger partial charge < -0.3 is 9.73 Å². The summed E-state index contributed by atoms with van der Waals surface area (Å²) >= 11 is 0. The van der Waals surface area contributed by atoms with Gasteiger partial charge >= 0.3 is 0 Å². The van der Waals surface area contributed by atoms with Crippen molar-refractivity contribution in [3.63, 3.8) is 0 Å². The lowest BCUT2D eigenvalue weighted by molar-refractivity contribution is -0.385. The molecule has 20 heavy (non-hydrogen) atoms. The molecular formula is C14H14N2O4. The first kappa shape index (κ1) is 13.8. The highest BCUT2D eigenvalue weighted by atomic mass is 16.6. The molecule has 104 valence electrons. The smallest absolute Gasteiger partial charge is 0.285 e. The zero-order valence-corrected chi connectivity index (χ0v) is 11.1. The van der Waals surface area contributed by atoms with E-state index in [1.807, 2.05) is 0 Å². The van der Waals surface area contributed by atoms with Gasteiger partial charge in [0.05, 0.1) is 17.2 Å². The van der Waals surface area contributed by atoms with Crippen molar-refractivity contribution in [3.8, 4) is 0 Å². The highest BCUT2D eigenvalue weighted by molar-refractivity contribution is 5.98. The Morgan fingerprint density at radius 1 is 1.35 bits per heavy atom. The second kappa shape index (κ2) is 5.56. The Balaban J connectivity index is 2.26. The van der Waals surface area contributed by atoms with Crippen LogP contribution in [0.4, 0.5) is 5.69 Å².